The maximum Gasteiger partial charge on any atom is 0.412 e. The maximum absolute atomic E-state index is 11.7. The van der Waals surface area contributed by atoms with E-state index in [0.29, 0.717) is 23.0 Å². The number of amides is 1. The fraction of sp³-hybridized carbons (Fsp3) is 0.333. The van der Waals surface area contributed by atoms with E-state index in [1.807, 2.05) is 34.6 Å². The summed E-state index contributed by atoms with van der Waals surface area (Å²) in [5.74, 6) is 1.61. The van der Waals surface area contributed by atoms with Crippen molar-refractivity contribution in [3.05, 3.63) is 42.6 Å². The van der Waals surface area contributed by atoms with E-state index < -0.39 is 11.7 Å². The number of benzene rings is 1. The Balaban J connectivity index is 0.00000139. The van der Waals surface area contributed by atoms with Gasteiger partial charge in [-0.15, -0.1) is 0 Å². The second-order valence-corrected chi connectivity index (χ2v) is 5.67. The molecule has 1 heterocycles. The molecule has 0 atom stereocenters. The molecule has 0 saturated heterocycles. The van der Waals surface area contributed by atoms with E-state index in [1.54, 1.807) is 42.6 Å². The van der Waals surface area contributed by atoms with E-state index in [4.69, 9.17) is 15.2 Å². The number of nitrogen functional groups attached to an aromatic ring is 1. The number of anilines is 2. The first kappa shape index (κ1) is 19.3. The molecule has 1 aromatic carbocycles. The van der Waals surface area contributed by atoms with Crippen LogP contribution in [-0.2, 0) is 4.74 Å². The summed E-state index contributed by atoms with van der Waals surface area (Å²) >= 11 is 0. The molecule has 6 heteroatoms. The summed E-state index contributed by atoms with van der Waals surface area (Å²) in [5, 5.41) is 2.65. The average molecular weight is 331 g/mol. The van der Waals surface area contributed by atoms with Gasteiger partial charge in [-0.2, -0.15) is 0 Å². The normalized spacial score (nSPS) is 10.2. The molecule has 0 radical (unpaired) electrons. The van der Waals surface area contributed by atoms with Gasteiger partial charge < -0.3 is 15.2 Å². The molecule has 130 valence electrons. The van der Waals surface area contributed by atoms with Crippen molar-refractivity contribution in [1.29, 1.82) is 0 Å². The third-order valence-corrected chi connectivity index (χ3v) is 2.49. The number of nitrogens with one attached hydrogen (secondary N) is 1. The van der Waals surface area contributed by atoms with Crippen molar-refractivity contribution in [2.24, 2.45) is 0 Å². The van der Waals surface area contributed by atoms with Crippen LogP contribution in [0, 0.1) is 0 Å². The Morgan fingerprint density at radius 3 is 2.25 bits per heavy atom. The van der Waals surface area contributed by atoms with Crippen molar-refractivity contribution in [1.82, 2.24) is 4.98 Å². The lowest BCUT2D eigenvalue weighted by atomic mass is 10.2. The Bertz CT molecular complexity index is 649. The summed E-state index contributed by atoms with van der Waals surface area (Å²) in [7, 11) is 0. The number of rotatable bonds is 3. The van der Waals surface area contributed by atoms with Crippen LogP contribution >= 0.6 is 0 Å². The Labute approximate surface area is 143 Å². The van der Waals surface area contributed by atoms with Gasteiger partial charge in [-0.25, -0.2) is 9.78 Å². The number of carbonyl (C=O) groups is 1. The summed E-state index contributed by atoms with van der Waals surface area (Å²) in [6, 6.07) is 10.3. The van der Waals surface area contributed by atoms with Crippen molar-refractivity contribution >= 4 is 17.6 Å². The van der Waals surface area contributed by atoms with Gasteiger partial charge in [0, 0.05) is 18.0 Å². The van der Waals surface area contributed by atoms with Crippen LogP contribution in [-0.4, -0.2) is 16.7 Å². The van der Waals surface area contributed by atoms with Crippen LogP contribution in [0.5, 0.6) is 11.5 Å². The molecular weight excluding hydrogens is 306 g/mol. The SMILES string of the molecule is CC.CC(C)(C)OC(=O)Nc1ccc(Oc2ccnc(N)c2)cc1. The van der Waals surface area contributed by atoms with Crippen LogP contribution in [0.25, 0.3) is 0 Å². The van der Waals surface area contributed by atoms with Gasteiger partial charge in [0.25, 0.3) is 0 Å². The molecule has 0 saturated carbocycles. The predicted octanol–water partition coefficient (Wildman–Crippen LogP) is 4.83. The second-order valence-electron chi connectivity index (χ2n) is 5.67. The number of nitrogens with zero attached hydrogens (tertiary/aromatic N) is 1. The molecule has 6 nitrogen and oxygen atoms in total. The minimum atomic E-state index is -0.533. The Hall–Kier alpha value is -2.76. The molecule has 1 aromatic heterocycles. The van der Waals surface area contributed by atoms with Crippen molar-refractivity contribution in [3.63, 3.8) is 0 Å². The number of hydrogen-bond donors (Lipinski definition) is 2. The third-order valence-electron chi connectivity index (χ3n) is 2.49. The monoisotopic (exact) mass is 331 g/mol. The van der Waals surface area contributed by atoms with Crippen LogP contribution < -0.4 is 15.8 Å². The molecule has 0 aliphatic rings. The van der Waals surface area contributed by atoms with E-state index in [1.165, 1.54) is 0 Å². The first-order valence-electron chi connectivity index (χ1n) is 7.81. The van der Waals surface area contributed by atoms with Crippen LogP contribution in [0.4, 0.5) is 16.3 Å². The molecule has 0 aliphatic carbocycles. The maximum atomic E-state index is 11.7. The van der Waals surface area contributed by atoms with Crippen molar-refractivity contribution in [2.45, 2.75) is 40.2 Å². The van der Waals surface area contributed by atoms with Gasteiger partial charge in [0.1, 0.15) is 22.9 Å². The minimum Gasteiger partial charge on any atom is -0.457 e. The van der Waals surface area contributed by atoms with Crippen molar-refractivity contribution < 1.29 is 14.3 Å². The van der Waals surface area contributed by atoms with Crippen LogP contribution in [0.1, 0.15) is 34.6 Å². The topological polar surface area (TPSA) is 86.5 Å². The van der Waals surface area contributed by atoms with E-state index >= 15 is 0 Å². The quantitative estimate of drug-likeness (QED) is 0.841. The zero-order valence-corrected chi connectivity index (χ0v) is 14.8. The molecule has 0 unspecified atom stereocenters. The molecule has 2 rings (SSSR count). The first-order chi connectivity index (χ1) is 11.3. The zero-order chi connectivity index (χ0) is 18.2. The lowest BCUT2D eigenvalue weighted by Gasteiger charge is -2.19. The largest absolute Gasteiger partial charge is 0.457 e. The van der Waals surface area contributed by atoms with Crippen LogP contribution in [0.15, 0.2) is 42.6 Å². The van der Waals surface area contributed by atoms with Gasteiger partial charge in [0.05, 0.1) is 0 Å². The van der Waals surface area contributed by atoms with Crippen molar-refractivity contribution in [2.75, 3.05) is 11.1 Å². The molecule has 0 spiro atoms. The van der Waals surface area contributed by atoms with Gasteiger partial charge >= 0.3 is 6.09 Å². The molecule has 2 aromatic rings. The predicted molar refractivity (Wildman–Crippen MR) is 96.4 cm³/mol. The highest BCUT2D eigenvalue weighted by molar-refractivity contribution is 5.84. The van der Waals surface area contributed by atoms with Crippen LogP contribution in [0.3, 0.4) is 0 Å². The third kappa shape index (κ3) is 7.00. The number of aromatic nitrogens is 1. The zero-order valence-electron chi connectivity index (χ0n) is 14.8. The van der Waals surface area contributed by atoms with Gasteiger partial charge in [-0.05, 0) is 51.1 Å². The summed E-state index contributed by atoms with van der Waals surface area (Å²) < 4.78 is 10.8. The lowest BCUT2D eigenvalue weighted by Crippen LogP contribution is -2.27. The standard InChI is InChI=1S/C16H19N3O3.C2H6/c1-16(2,3)22-15(20)19-11-4-6-12(7-5-11)21-13-8-9-18-14(17)10-13;1-2/h4-10H,1-3H3,(H2,17,18)(H,19,20);1-2H3. The summed E-state index contributed by atoms with van der Waals surface area (Å²) in [6.07, 6.45) is 1.08. The number of hydrogen-bond acceptors (Lipinski definition) is 5. The summed E-state index contributed by atoms with van der Waals surface area (Å²) in [5.41, 5.74) is 5.68. The highest BCUT2D eigenvalue weighted by Crippen LogP contribution is 2.23. The summed E-state index contributed by atoms with van der Waals surface area (Å²) in [4.78, 5) is 15.5. The fourth-order valence-corrected chi connectivity index (χ4v) is 1.66. The molecule has 3 N–H and O–H groups in total. The molecule has 0 aliphatic heterocycles. The van der Waals surface area contributed by atoms with Gasteiger partial charge in [-0.1, -0.05) is 13.8 Å². The van der Waals surface area contributed by atoms with E-state index in [0.717, 1.165) is 0 Å². The number of carbonyl (C=O) groups excluding carboxylic acids is 1. The highest BCUT2D eigenvalue weighted by atomic mass is 16.6. The Kier molecular flexibility index (Phi) is 7.04. The number of nitrogens with two attached hydrogens (primary N) is 1. The summed E-state index contributed by atoms with van der Waals surface area (Å²) in [6.45, 7) is 9.43. The second kappa shape index (κ2) is 8.76. The van der Waals surface area contributed by atoms with E-state index in [9.17, 15) is 4.79 Å². The molecule has 0 bridgehead atoms. The smallest absolute Gasteiger partial charge is 0.412 e. The molecule has 1 amide bonds. The van der Waals surface area contributed by atoms with Crippen molar-refractivity contribution in [3.8, 4) is 11.5 Å². The first-order valence-corrected chi connectivity index (χ1v) is 7.81. The van der Waals surface area contributed by atoms with Gasteiger partial charge in [-0.3, -0.25) is 5.32 Å². The molecule has 24 heavy (non-hydrogen) atoms. The van der Waals surface area contributed by atoms with Gasteiger partial charge in [0.2, 0.25) is 0 Å². The average Bonchev–Trinajstić information content (AvgIpc) is 2.49. The molecular formula is C18H25N3O3. The van der Waals surface area contributed by atoms with Gasteiger partial charge in [0.15, 0.2) is 0 Å². The number of ether oxygens (including phenoxy) is 2. The lowest BCUT2D eigenvalue weighted by molar-refractivity contribution is 0.0636. The van der Waals surface area contributed by atoms with Crippen LogP contribution in [0.2, 0.25) is 0 Å². The fourth-order valence-electron chi connectivity index (χ4n) is 1.66. The van der Waals surface area contributed by atoms with E-state index in [-0.39, 0.29) is 0 Å². The van der Waals surface area contributed by atoms with E-state index in [2.05, 4.69) is 10.3 Å². The highest BCUT2D eigenvalue weighted by Gasteiger charge is 2.16. The minimum absolute atomic E-state index is 0.390. The molecule has 0 fully saturated rings. The Morgan fingerprint density at radius 2 is 1.71 bits per heavy atom. The Morgan fingerprint density at radius 1 is 1.08 bits per heavy atom. The number of pyridine rings is 1.